The molecule has 0 bridgehead atoms. The van der Waals surface area contributed by atoms with Crippen molar-refractivity contribution in [3.8, 4) is 11.5 Å². The second-order valence-corrected chi connectivity index (χ2v) is 7.37. The van der Waals surface area contributed by atoms with E-state index in [4.69, 9.17) is 0 Å². The molecule has 0 amide bonds. The van der Waals surface area contributed by atoms with Crippen LogP contribution in [0.3, 0.4) is 0 Å². The first kappa shape index (κ1) is 22.6. The molecule has 0 saturated heterocycles. The Bertz CT molecular complexity index is 476. The molecular weight excluding hydrogens is 324 g/mol. The number of phenolic OH excluding ortho intramolecular Hbond substituents is 2. The smallest absolute Gasteiger partial charge is 0.119 e. The van der Waals surface area contributed by atoms with E-state index in [0.717, 1.165) is 44.1 Å². The summed E-state index contributed by atoms with van der Waals surface area (Å²) >= 11 is 0. The number of aromatic hydroxyl groups is 2. The van der Waals surface area contributed by atoms with Crippen LogP contribution in [0.2, 0.25) is 0 Å². The molecule has 0 aliphatic rings. The fraction of sp³-hybridized carbons (Fsp3) is 0.652. The van der Waals surface area contributed by atoms with Crippen LogP contribution in [0.25, 0.3) is 0 Å². The van der Waals surface area contributed by atoms with Crippen molar-refractivity contribution in [2.75, 3.05) is 0 Å². The number of hydrogen-bond acceptors (Lipinski definition) is 3. The lowest BCUT2D eigenvalue weighted by molar-refractivity contribution is 0.163. The molecule has 0 aromatic heterocycles. The van der Waals surface area contributed by atoms with Gasteiger partial charge in [-0.25, -0.2) is 0 Å². The van der Waals surface area contributed by atoms with Gasteiger partial charge in [-0.3, -0.25) is 0 Å². The highest BCUT2D eigenvalue weighted by Crippen LogP contribution is 2.22. The Hall–Kier alpha value is -1.48. The first-order valence-electron chi connectivity index (χ1n) is 10.5. The van der Waals surface area contributed by atoms with Gasteiger partial charge in [-0.1, -0.05) is 70.4 Å². The van der Waals surface area contributed by atoms with Crippen LogP contribution in [-0.4, -0.2) is 21.4 Å². The predicted octanol–water partition coefficient (Wildman–Crippen LogP) is 6.26. The molecule has 0 heterocycles. The van der Waals surface area contributed by atoms with Crippen molar-refractivity contribution in [1.82, 2.24) is 0 Å². The maximum atomic E-state index is 9.94. The standard InChI is InChI=1S/C23H38O3/c1-2-3-4-8-12-15-21(24)16-13-10-7-5-6-9-11-14-20-17-22(25)19-23(26)18-20/h8,12,17-19,21,24-26H,2-7,9-11,13-16H2,1H3/b12-8+. The van der Waals surface area contributed by atoms with Crippen LogP contribution in [-0.2, 0) is 6.42 Å². The van der Waals surface area contributed by atoms with E-state index in [1.807, 2.05) is 0 Å². The molecule has 0 saturated carbocycles. The summed E-state index contributed by atoms with van der Waals surface area (Å²) in [5.74, 6) is 0.275. The average molecular weight is 363 g/mol. The van der Waals surface area contributed by atoms with Crippen LogP contribution in [0.1, 0.15) is 89.5 Å². The molecule has 0 aliphatic heterocycles. The number of aryl methyl sites for hydroxylation is 1. The van der Waals surface area contributed by atoms with E-state index in [0.29, 0.717) is 0 Å². The lowest BCUT2D eigenvalue weighted by Crippen LogP contribution is -2.04. The molecule has 0 aliphatic carbocycles. The maximum Gasteiger partial charge on any atom is 0.119 e. The number of aliphatic hydroxyl groups excluding tert-OH is 1. The monoisotopic (exact) mass is 362 g/mol. The lowest BCUT2D eigenvalue weighted by Gasteiger charge is -2.08. The van der Waals surface area contributed by atoms with Gasteiger partial charge in [0, 0.05) is 6.07 Å². The SMILES string of the molecule is CCCC/C=C/CC(O)CCCCCCCCCc1cc(O)cc(O)c1. The summed E-state index contributed by atoms with van der Waals surface area (Å²) in [7, 11) is 0. The van der Waals surface area contributed by atoms with Crippen LogP contribution in [0, 0.1) is 0 Å². The third-order valence-corrected chi connectivity index (χ3v) is 4.76. The first-order chi connectivity index (χ1) is 12.6. The molecule has 1 aromatic carbocycles. The van der Waals surface area contributed by atoms with Crippen molar-refractivity contribution in [2.24, 2.45) is 0 Å². The number of aliphatic hydroxyl groups is 1. The Balaban J connectivity index is 1.92. The Kier molecular flexibility index (Phi) is 12.7. The number of hydrogen-bond donors (Lipinski definition) is 3. The van der Waals surface area contributed by atoms with E-state index < -0.39 is 0 Å². The van der Waals surface area contributed by atoms with Gasteiger partial charge in [0.2, 0.25) is 0 Å². The zero-order chi connectivity index (χ0) is 19.0. The maximum absolute atomic E-state index is 9.94. The van der Waals surface area contributed by atoms with Gasteiger partial charge in [0.05, 0.1) is 6.10 Å². The molecule has 1 aromatic rings. The third kappa shape index (κ3) is 12.0. The fourth-order valence-electron chi connectivity index (χ4n) is 3.20. The lowest BCUT2D eigenvalue weighted by atomic mass is 10.0. The van der Waals surface area contributed by atoms with Crippen LogP contribution in [0.4, 0.5) is 0 Å². The van der Waals surface area contributed by atoms with Gasteiger partial charge in [-0.15, -0.1) is 0 Å². The van der Waals surface area contributed by atoms with Gasteiger partial charge in [-0.2, -0.15) is 0 Å². The zero-order valence-corrected chi connectivity index (χ0v) is 16.5. The van der Waals surface area contributed by atoms with E-state index in [-0.39, 0.29) is 17.6 Å². The summed E-state index contributed by atoms with van der Waals surface area (Å²) in [5, 5.41) is 28.9. The number of phenols is 2. The number of allylic oxidation sites excluding steroid dienone is 1. The number of benzene rings is 1. The highest BCUT2D eigenvalue weighted by molar-refractivity contribution is 5.36. The van der Waals surface area contributed by atoms with Crippen LogP contribution in [0.15, 0.2) is 30.4 Å². The Morgan fingerprint density at radius 3 is 2.08 bits per heavy atom. The first-order valence-corrected chi connectivity index (χ1v) is 10.5. The summed E-state index contributed by atoms with van der Waals surface area (Å²) in [4.78, 5) is 0. The summed E-state index contributed by atoms with van der Waals surface area (Å²) in [6, 6.07) is 4.82. The molecule has 26 heavy (non-hydrogen) atoms. The fourth-order valence-corrected chi connectivity index (χ4v) is 3.20. The molecule has 148 valence electrons. The van der Waals surface area contributed by atoms with Crippen molar-refractivity contribution in [3.05, 3.63) is 35.9 Å². The Labute approximate surface area is 159 Å². The Morgan fingerprint density at radius 1 is 0.808 bits per heavy atom. The minimum atomic E-state index is -0.174. The summed E-state index contributed by atoms with van der Waals surface area (Å²) in [5.41, 5.74) is 1.00. The van der Waals surface area contributed by atoms with Gasteiger partial charge >= 0.3 is 0 Å². The zero-order valence-electron chi connectivity index (χ0n) is 16.5. The summed E-state index contributed by atoms with van der Waals surface area (Å²) in [6.07, 6.45) is 18.7. The molecular formula is C23H38O3. The third-order valence-electron chi connectivity index (χ3n) is 4.76. The highest BCUT2D eigenvalue weighted by atomic mass is 16.3. The quantitative estimate of drug-likeness (QED) is 0.255. The minimum absolute atomic E-state index is 0.138. The normalized spacial score (nSPS) is 12.7. The van der Waals surface area contributed by atoms with Gasteiger partial charge in [0.15, 0.2) is 0 Å². The second kappa shape index (κ2) is 14.7. The number of unbranched alkanes of at least 4 members (excludes halogenated alkanes) is 8. The second-order valence-electron chi connectivity index (χ2n) is 7.37. The Morgan fingerprint density at radius 2 is 1.42 bits per heavy atom. The predicted molar refractivity (Wildman–Crippen MR) is 110 cm³/mol. The molecule has 1 atom stereocenters. The highest BCUT2D eigenvalue weighted by Gasteiger charge is 2.02. The van der Waals surface area contributed by atoms with Crippen molar-refractivity contribution < 1.29 is 15.3 Å². The largest absolute Gasteiger partial charge is 0.508 e. The van der Waals surface area contributed by atoms with Crippen LogP contribution >= 0.6 is 0 Å². The van der Waals surface area contributed by atoms with Gasteiger partial charge < -0.3 is 15.3 Å². The summed E-state index contributed by atoms with van der Waals surface area (Å²) < 4.78 is 0. The van der Waals surface area contributed by atoms with Crippen molar-refractivity contribution in [1.29, 1.82) is 0 Å². The molecule has 0 radical (unpaired) electrons. The van der Waals surface area contributed by atoms with Gasteiger partial charge in [0.25, 0.3) is 0 Å². The average Bonchev–Trinajstić information content (AvgIpc) is 2.59. The van der Waals surface area contributed by atoms with Crippen molar-refractivity contribution in [3.63, 3.8) is 0 Å². The van der Waals surface area contributed by atoms with Gasteiger partial charge in [-0.05, 0) is 49.8 Å². The van der Waals surface area contributed by atoms with E-state index in [1.54, 1.807) is 12.1 Å². The number of rotatable bonds is 15. The molecule has 3 nitrogen and oxygen atoms in total. The van der Waals surface area contributed by atoms with Crippen LogP contribution in [0.5, 0.6) is 11.5 Å². The van der Waals surface area contributed by atoms with E-state index in [9.17, 15) is 15.3 Å². The molecule has 1 rings (SSSR count). The molecule has 0 fully saturated rings. The van der Waals surface area contributed by atoms with Gasteiger partial charge in [0.1, 0.15) is 11.5 Å². The van der Waals surface area contributed by atoms with E-state index in [1.165, 1.54) is 51.0 Å². The molecule has 1 unspecified atom stereocenters. The molecule has 3 heteroatoms. The van der Waals surface area contributed by atoms with Crippen molar-refractivity contribution >= 4 is 0 Å². The molecule has 0 spiro atoms. The van der Waals surface area contributed by atoms with E-state index >= 15 is 0 Å². The van der Waals surface area contributed by atoms with Crippen molar-refractivity contribution in [2.45, 2.75) is 96.5 Å². The minimum Gasteiger partial charge on any atom is -0.508 e. The van der Waals surface area contributed by atoms with Crippen LogP contribution < -0.4 is 0 Å². The molecule has 3 N–H and O–H groups in total. The van der Waals surface area contributed by atoms with E-state index in [2.05, 4.69) is 19.1 Å². The summed E-state index contributed by atoms with van der Waals surface area (Å²) in [6.45, 7) is 2.20. The topological polar surface area (TPSA) is 60.7 Å².